The van der Waals surface area contributed by atoms with Gasteiger partial charge in [-0.05, 0) is 30.7 Å². The summed E-state index contributed by atoms with van der Waals surface area (Å²) in [4.78, 5) is 24.5. The molecule has 1 aromatic rings. The Kier molecular flexibility index (Phi) is 4.72. The fourth-order valence-electron chi connectivity index (χ4n) is 1.85. The number of phenolic OH excluding ortho intramolecular Hbond substituents is 1. The van der Waals surface area contributed by atoms with Crippen LogP contribution in [-0.2, 0) is 9.59 Å². The second kappa shape index (κ2) is 6.37. The van der Waals surface area contributed by atoms with E-state index in [1.807, 2.05) is 0 Å². The zero-order valence-corrected chi connectivity index (χ0v) is 13.4. The maximum atomic E-state index is 12.3. The summed E-state index contributed by atoms with van der Waals surface area (Å²) < 4.78 is 5.16. The summed E-state index contributed by atoms with van der Waals surface area (Å²) >= 11 is 6.06. The molecule has 8 heteroatoms. The first kappa shape index (κ1) is 16.3. The second-order valence-electron chi connectivity index (χ2n) is 4.48. The number of ether oxygens (including phenoxy) is 1. The lowest BCUT2D eigenvalue weighted by Gasteiger charge is -2.23. The molecule has 0 unspecified atom stereocenters. The number of rotatable bonds is 4. The predicted octanol–water partition coefficient (Wildman–Crippen LogP) is 0.740. The van der Waals surface area contributed by atoms with Gasteiger partial charge in [0.25, 0.3) is 5.91 Å². The fraction of sp³-hybridized carbons (Fsp3) is 0.214. The number of thiocarbonyl (C=S) groups is 1. The monoisotopic (exact) mass is 338 g/mol. The van der Waals surface area contributed by atoms with E-state index in [1.54, 1.807) is 18.2 Å². The number of carbonyl (C=O) groups excluding carboxylic acids is 2. The molecule has 1 fully saturated rings. The van der Waals surface area contributed by atoms with Crippen molar-refractivity contribution in [3.05, 3.63) is 28.7 Å². The van der Waals surface area contributed by atoms with Crippen molar-refractivity contribution in [1.29, 1.82) is 0 Å². The summed E-state index contributed by atoms with van der Waals surface area (Å²) in [5.41, 5.74) is 0.622. The molecular weight excluding hydrogens is 326 g/mol. The normalized spacial score (nSPS) is 17.9. The Labute approximate surface area is 136 Å². The summed E-state index contributed by atoms with van der Waals surface area (Å²) in [7, 11) is 1.42. The van der Waals surface area contributed by atoms with E-state index in [-0.39, 0.29) is 15.8 Å². The number of benzene rings is 1. The molecule has 1 aliphatic heterocycles. The smallest absolute Gasteiger partial charge is 0.266 e. The number of methoxy groups -OCH3 is 1. The lowest BCUT2D eigenvalue weighted by molar-refractivity contribution is -0.309. The molecule has 116 valence electrons. The van der Waals surface area contributed by atoms with E-state index < -0.39 is 17.9 Å². The van der Waals surface area contributed by atoms with Gasteiger partial charge in [0.15, 0.2) is 11.5 Å². The minimum Gasteiger partial charge on any atom is -0.548 e. The van der Waals surface area contributed by atoms with Gasteiger partial charge >= 0.3 is 0 Å². The number of hydrogen-bond donors (Lipinski definition) is 1. The minimum absolute atomic E-state index is 0.0160. The predicted molar refractivity (Wildman–Crippen MR) is 84.1 cm³/mol. The highest BCUT2D eigenvalue weighted by Gasteiger charge is 2.35. The largest absolute Gasteiger partial charge is 0.548 e. The molecule has 1 aromatic carbocycles. The van der Waals surface area contributed by atoms with Gasteiger partial charge in [-0.1, -0.05) is 30.0 Å². The van der Waals surface area contributed by atoms with Crippen molar-refractivity contribution in [3.8, 4) is 11.5 Å². The molecule has 6 nitrogen and oxygen atoms in total. The first-order valence-electron chi connectivity index (χ1n) is 6.20. The Morgan fingerprint density at radius 3 is 2.82 bits per heavy atom. The van der Waals surface area contributed by atoms with E-state index >= 15 is 0 Å². The van der Waals surface area contributed by atoms with Crippen LogP contribution in [0.2, 0.25) is 0 Å². The number of carbonyl (C=O) groups is 2. The molecule has 1 amide bonds. The number of aliphatic carboxylic acids is 1. The maximum absolute atomic E-state index is 12.3. The number of carboxylic acids is 1. The zero-order chi connectivity index (χ0) is 16.4. The number of hydrogen-bond acceptors (Lipinski definition) is 7. The highest BCUT2D eigenvalue weighted by atomic mass is 32.2. The highest BCUT2D eigenvalue weighted by Crippen LogP contribution is 2.35. The second-order valence-corrected chi connectivity index (χ2v) is 6.15. The Morgan fingerprint density at radius 1 is 1.55 bits per heavy atom. The summed E-state index contributed by atoms with van der Waals surface area (Å²) in [5.74, 6) is -1.60. The van der Waals surface area contributed by atoms with Crippen LogP contribution < -0.4 is 9.84 Å². The van der Waals surface area contributed by atoms with Gasteiger partial charge in [0.2, 0.25) is 0 Å². The molecule has 2 rings (SSSR count). The third-order valence-corrected chi connectivity index (χ3v) is 4.38. The van der Waals surface area contributed by atoms with Crippen LogP contribution in [0.3, 0.4) is 0 Å². The van der Waals surface area contributed by atoms with Crippen LogP contribution >= 0.6 is 24.0 Å². The standard InChI is InChI=1S/C14H13NO5S2/c1-7(13(18)19)15-12(17)11(22-14(15)21)6-8-3-4-9(16)10(5-8)20-2/h3-7,16H,1-2H3,(H,18,19)/p-1/b11-6-/t7-/m1/s1. The number of nitrogens with zero attached hydrogens (tertiary/aromatic N) is 1. The Balaban J connectivity index is 2.32. The highest BCUT2D eigenvalue weighted by molar-refractivity contribution is 8.26. The van der Waals surface area contributed by atoms with Gasteiger partial charge in [0.1, 0.15) is 4.32 Å². The zero-order valence-electron chi connectivity index (χ0n) is 11.7. The molecule has 1 atom stereocenters. The van der Waals surface area contributed by atoms with E-state index in [0.717, 1.165) is 16.7 Å². The Morgan fingerprint density at radius 2 is 2.23 bits per heavy atom. The molecule has 0 aromatic heterocycles. The van der Waals surface area contributed by atoms with Crippen LogP contribution in [0, 0.1) is 0 Å². The van der Waals surface area contributed by atoms with Crippen molar-refractivity contribution in [1.82, 2.24) is 4.90 Å². The van der Waals surface area contributed by atoms with Crippen LogP contribution in [0.25, 0.3) is 6.08 Å². The van der Waals surface area contributed by atoms with E-state index in [2.05, 4.69) is 0 Å². The molecule has 0 saturated carbocycles. The van der Waals surface area contributed by atoms with Gasteiger partial charge in [0.05, 0.1) is 24.0 Å². The lowest BCUT2D eigenvalue weighted by Crippen LogP contribution is -2.48. The topological polar surface area (TPSA) is 89.9 Å². The molecule has 0 aliphatic carbocycles. The molecular formula is C14H12NO5S2-. The molecule has 1 aliphatic rings. The van der Waals surface area contributed by atoms with Gasteiger partial charge in [0, 0.05) is 0 Å². The molecule has 0 spiro atoms. The summed E-state index contributed by atoms with van der Waals surface area (Å²) in [6.45, 7) is 1.34. The Hall–Kier alpha value is -2.06. The van der Waals surface area contributed by atoms with E-state index in [4.69, 9.17) is 17.0 Å². The van der Waals surface area contributed by atoms with E-state index in [1.165, 1.54) is 20.1 Å². The van der Waals surface area contributed by atoms with Crippen LogP contribution in [0.5, 0.6) is 11.5 Å². The third kappa shape index (κ3) is 3.07. The summed E-state index contributed by atoms with van der Waals surface area (Å²) in [6, 6.07) is 3.47. The first-order valence-corrected chi connectivity index (χ1v) is 7.42. The molecule has 1 N–H and O–H groups in total. The SMILES string of the molecule is COc1cc(/C=C2\SC(=S)N([C@H](C)C(=O)[O-])C2=O)ccc1O. The van der Waals surface area contributed by atoms with Gasteiger partial charge < -0.3 is 19.7 Å². The lowest BCUT2D eigenvalue weighted by atomic mass is 10.2. The quantitative estimate of drug-likeness (QED) is 0.640. The number of thioether (sulfide) groups is 1. The maximum Gasteiger partial charge on any atom is 0.266 e. The minimum atomic E-state index is -1.37. The van der Waals surface area contributed by atoms with E-state index in [0.29, 0.717) is 10.5 Å². The number of carboxylic acid groups (broad SMARTS) is 1. The van der Waals surface area contributed by atoms with Gasteiger partial charge in [-0.15, -0.1) is 0 Å². The van der Waals surface area contributed by atoms with Gasteiger partial charge in [-0.25, -0.2) is 0 Å². The average Bonchev–Trinajstić information content (AvgIpc) is 2.74. The van der Waals surface area contributed by atoms with Crippen LogP contribution in [-0.4, -0.2) is 39.4 Å². The Bertz CT molecular complexity index is 686. The number of phenols is 1. The molecule has 22 heavy (non-hydrogen) atoms. The molecule has 0 bridgehead atoms. The third-order valence-electron chi connectivity index (χ3n) is 3.05. The summed E-state index contributed by atoms with van der Waals surface area (Å²) in [5, 5.41) is 20.5. The fourth-order valence-corrected chi connectivity index (χ4v) is 3.27. The number of amides is 1. The van der Waals surface area contributed by atoms with Gasteiger partial charge in [-0.2, -0.15) is 0 Å². The average molecular weight is 338 g/mol. The number of aromatic hydroxyl groups is 1. The van der Waals surface area contributed by atoms with Gasteiger partial charge in [-0.3, -0.25) is 9.69 Å². The van der Waals surface area contributed by atoms with Crippen molar-refractivity contribution >= 4 is 46.3 Å². The van der Waals surface area contributed by atoms with E-state index in [9.17, 15) is 19.8 Å². The summed E-state index contributed by atoms with van der Waals surface area (Å²) in [6.07, 6.45) is 1.56. The van der Waals surface area contributed by atoms with Crippen LogP contribution in [0.1, 0.15) is 12.5 Å². The first-order chi connectivity index (χ1) is 10.3. The van der Waals surface area contributed by atoms with Crippen LogP contribution in [0.15, 0.2) is 23.1 Å². The van der Waals surface area contributed by atoms with Crippen molar-refractivity contribution in [2.45, 2.75) is 13.0 Å². The molecule has 0 radical (unpaired) electrons. The molecule has 1 saturated heterocycles. The van der Waals surface area contributed by atoms with Crippen molar-refractivity contribution in [3.63, 3.8) is 0 Å². The van der Waals surface area contributed by atoms with Crippen molar-refractivity contribution in [2.24, 2.45) is 0 Å². The van der Waals surface area contributed by atoms with Crippen molar-refractivity contribution in [2.75, 3.05) is 7.11 Å². The van der Waals surface area contributed by atoms with Crippen LogP contribution in [0.4, 0.5) is 0 Å². The van der Waals surface area contributed by atoms with Crippen molar-refractivity contribution < 1.29 is 24.5 Å². The molecule has 1 heterocycles.